The number of amides is 1. The Hall–Kier alpha value is -1.55. The summed E-state index contributed by atoms with van der Waals surface area (Å²) in [5, 5.41) is 2.80. The predicted molar refractivity (Wildman–Crippen MR) is 55.2 cm³/mol. The molecule has 4 heteroatoms. The maximum atomic E-state index is 11.3. The van der Waals surface area contributed by atoms with Crippen molar-refractivity contribution in [2.45, 2.75) is 13.0 Å². The topological polar surface area (TPSA) is 51.5 Å². The van der Waals surface area contributed by atoms with E-state index in [1.165, 1.54) is 6.08 Å². The average molecular weight is 207 g/mol. The van der Waals surface area contributed by atoms with Gasteiger partial charge in [0.25, 0.3) is 0 Å². The highest BCUT2D eigenvalue weighted by atomic mass is 16.5. The summed E-state index contributed by atoms with van der Waals surface area (Å²) >= 11 is 0. The van der Waals surface area contributed by atoms with E-state index >= 15 is 0 Å². The van der Waals surface area contributed by atoms with Crippen LogP contribution in [0.2, 0.25) is 0 Å². The first kappa shape index (κ1) is 9.98. The van der Waals surface area contributed by atoms with E-state index < -0.39 is 0 Å². The number of furan rings is 1. The average Bonchev–Trinajstić information content (AvgIpc) is 2.55. The van der Waals surface area contributed by atoms with Gasteiger partial charge < -0.3 is 14.5 Å². The summed E-state index contributed by atoms with van der Waals surface area (Å²) in [6.45, 7) is 3.09. The molecule has 1 fully saturated rings. The molecule has 0 bridgehead atoms. The molecule has 1 aliphatic rings. The van der Waals surface area contributed by atoms with Crippen LogP contribution in [-0.2, 0) is 9.53 Å². The second-order valence-electron chi connectivity index (χ2n) is 3.52. The van der Waals surface area contributed by atoms with Crippen LogP contribution in [0.25, 0.3) is 6.08 Å². The van der Waals surface area contributed by atoms with Crippen LogP contribution in [0.15, 0.2) is 22.6 Å². The third-order valence-electron chi connectivity index (χ3n) is 2.14. The Morgan fingerprint density at radius 3 is 2.87 bits per heavy atom. The highest BCUT2D eigenvalue weighted by Crippen LogP contribution is 2.07. The van der Waals surface area contributed by atoms with Crippen LogP contribution in [0.4, 0.5) is 0 Å². The lowest BCUT2D eigenvalue weighted by Gasteiger charge is -2.26. The monoisotopic (exact) mass is 207 g/mol. The van der Waals surface area contributed by atoms with E-state index in [9.17, 15) is 4.79 Å². The molecule has 1 N–H and O–H groups in total. The Morgan fingerprint density at radius 1 is 1.53 bits per heavy atom. The fourth-order valence-corrected chi connectivity index (χ4v) is 1.27. The summed E-state index contributed by atoms with van der Waals surface area (Å²) in [4.78, 5) is 11.3. The van der Waals surface area contributed by atoms with Crippen molar-refractivity contribution in [1.29, 1.82) is 0 Å². The molecule has 1 aromatic rings. The molecule has 0 spiro atoms. The Balaban J connectivity index is 1.84. The number of carbonyl (C=O) groups excluding carboxylic acids is 1. The molecular formula is C11H13NO3. The molecule has 2 heterocycles. The number of hydrogen-bond donors (Lipinski definition) is 1. The number of hydrogen-bond acceptors (Lipinski definition) is 3. The van der Waals surface area contributed by atoms with Crippen molar-refractivity contribution in [3.8, 4) is 0 Å². The summed E-state index contributed by atoms with van der Waals surface area (Å²) in [5.41, 5.74) is 0. The second kappa shape index (κ2) is 4.31. The molecule has 0 radical (unpaired) electrons. The van der Waals surface area contributed by atoms with Gasteiger partial charge in [0.05, 0.1) is 19.3 Å². The van der Waals surface area contributed by atoms with Crippen molar-refractivity contribution < 1.29 is 13.9 Å². The molecule has 4 nitrogen and oxygen atoms in total. The first-order chi connectivity index (χ1) is 7.24. The van der Waals surface area contributed by atoms with E-state index in [-0.39, 0.29) is 11.9 Å². The zero-order valence-electron chi connectivity index (χ0n) is 8.53. The van der Waals surface area contributed by atoms with E-state index in [0.717, 1.165) is 5.76 Å². The number of aryl methyl sites for hydroxylation is 1. The molecule has 1 aromatic heterocycles. The van der Waals surface area contributed by atoms with Gasteiger partial charge in [-0.05, 0) is 25.1 Å². The summed E-state index contributed by atoms with van der Waals surface area (Å²) in [6, 6.07) is 3.85. The van der Waals surface area contributed by atoms with Crippen LogP contribution < -0.4 is 5.32 Å². The summed E-state index contributed by atoms with van der Waals surface area (Å²) in [7, 11) is 0. The van der Waals surface area contributed by atoms with Crippen LogP contribution >= 0.6 is 0 Å². The largest absolute Gasteiger partial charge is 0.462 e. The van der Waals surface area contributed by atoms with Gasteiger partial charge in [0.15, 0.2) is 0 Å². The fourth-order valence-electron chi connectivity index (χ4n) is 1.27. The molecule has 0 aromatic carbocycles. The molecule has 15 heavy (non-hydrogen) atoms. The standard InChI is InChI=1S/C11H13NO3/c1-8-2-3-10(15-8)4-5-11(13)12-9-6-14-7-9/h2-5,9H,6-7H2,1H3,(H,12,13). The zero-order valence-corrected chi connectivity index (χ0v) is 8.53. The lowest BCUT2D eigenvalue weighted by molar-refractivity contribution is -0.120. The van der Waals surface area contributed by atoms with E-state index in [4.69, 9.17) is 9.15 Å². The highest BCUT2D eigenvalue weighted by molar-refractivity contribution is 5.91. The minimum atomic E-state index is -0.114. The maximum absolute atomic E-state index is 11.3. The Kier molecular flexibility index (Phi) is 2.87. The van der Waals surface area contributed by atoms with Crippen molar-refractivity contribution in [3.63, 3.8) is 0 Å². The van der Waals surface area contributed by atoms with Gasteiger partial charge in [0.2, 0.25) is 5.91 Å². The first-order valence-corrected chi connectivity index (χ1v) is 4.87. The smallest absolute Gasteiger partial charge is 0.244 e. The van der Waals surface area contributed by atoms with Crippen LogP contribution in [0.5, 0.6) is 0 Å². The van der Waals surface area contributed by atoms with Crippen LogP contribution in [0.1, 0.15) is 11.5 Å². The van der Waals surface area contributed by atoms with E-state index in [2.05, 4.69) is 5.32 Å². The molecule has 0 unspecified atom stereocenters. The lowest BCUT2D eigenvalue weighted by Crippen LogP contribution is -2.48. The van der Waals surface area contributed by atoms with E-state index in [1.807, 2.05) is 19.1 Å². The Labute approximate surface area is 87.9 Å². The molecular weight excluding hydrogens is 194 g/mol. The minimum Gasteiger partial charge on any atom is -0.462 e. The van der Waals surface area contributed by atoms with E-state index in [0.29, 0.717) is 19.0 Å². The molecule has 0 saturated carbocycles. The zero-order chi connectivity index (χ0) is 10.7. The third-order valence-corrected chi connectivity index (χ3v) is 2.14. The van der Waals surface area contributed by atoms with Crippen LogP contribution in [0, 0.1) is 6.92 Å². The van der Waals surface area contributed by atoms with Gasteiger partial charge in [0.1, 0.15) is 11.5 Å². The number of carbonyl (C=O) groups is 1. The van der Waals surface area contributed by atoms with Crippen molar-refractivity contribution in [1.82, 2.24) is 5.32 Å². The maximum Gasteiger partial charge on any atom is 0.244 e. The Morgan fingerprint density at radius 2 is 2.33 bits per heavy atom. The number of rotatable bonds is 3. The fraction of sp³-hybridized carbons (Fsp3) is 0.364. The first-order valence-electron chi connectivity index (χ1n) is 4.87. The van der Waals surface area contributed by atoms with Gasteiger partial charge in [-0.25, -0.2) is 0 Å². The van der Waals surface area contributed by atoms with Crippen LogP contribution in [0.3, 0.4) is 0 Å². The van der Waals surface area contributed by atoms with Gasteiger partial charge in [-0.15, -0.1) is 0 Å². The molecule has 80 valence electrons. The van der Waals surface area contributed by atoms with Gasteiger partial charge in [-0.3, -0.25) is 4.79 Å². The van der Waals surface area contributed by atoms with Gasteiger partial charge >= 0.3 is 0 Å². The van der Waals surface area contributed by atoms with Crippen LogP contribution in [-0.4, -0.2) is 25.2 Å². The van der Waals surface area contributed by atoms with Gasteiger partial charge in [-0.2, -0.15) is 0 Å². The van der Waals surface area contributed by atoms with Gasteiger partial charge in [0, 0.05) is 6.08 Å². The van der Waals surface area contributed by atoms with Crippen molar-refractivity contribution in [2.24, 2.45) is 0 Å². The summed E-state index contributed by atoms with van der Waals surface area (Å²) in [6.07, 6.45) is 3.12. The van der Waals surface area contributed by atoms with Crippen molar-refractivity contribution >= 4 is 12.0 Å². The number of ether oxygens (including phenoxy) is 1. The SMILES string of the molecule is Cc1ccc(C=CC(=O)NC2COC2)o1. The quantitative estimate of drug-likeness (QED) is 0.755. The summed E-state index contributed by atoms with van der Waals surface area (Å²) < 4.78 is 10.2. The van der Waals surface area contributed by atoms with Crippen molar-refractivity contribution in [2.75, 3.05) is 13.2 Å². The highest BCUT2D eigenvalue weighted by Gasteiger charge is 2.18. The van der Waals surface area contributed by atoms with Gasteiger partial charge in [-0.1, -0.05) is 0 Å². The van der Waals surface area contributed by atoms with Crippen molar-refractivity contribution in [3.05, 3.63) is 29.7 Å². The Bertz CT molecular complexity index is 377. The predicted octanol–water partition coefficient (Wildman–Crippen LogP) is 1.12. The normalized spacial score (nSPS) is 16.6. The molecule has 0 aliphatic carbocycles. The van der Waals surface area contributed by atoms with E-state index in [1.54, 1.807) is 6.08 Å². The number of nitrogens with one attached hydrogen (secondary N) is 1. The summed E-state index contributed by atoms with van der Waals surface area (Å²) in [5.74, 6) is 1.41. The second-order valence-corrected chi connectivity index (χ2v) is 3.52. The lowest BCUT2D eigenvalue weighted by atomic mass is 10.2. The molecule has 1 saturated heterocycles. The molecule has 1 amide bonds. The minimum absolute atomic E-state index is 0.114. The molecule has 1 aliphatic heterocycles. The third kappa shape index (κ3) is 2.70. The molecule has 2 rings (SSSR count). The molecule has 0 atom stereocenters.